The summed E-state index contributed by atoms with van der Waals surface area (Å²) in [5.41, 5.74) is 0. The molecule has 78 valence electrons. The second-order valence-electron chi connectivity index (χ2n) is 3.63. The maximum absolute atomic E-state index is 10.1. The molecular formula is C10H14ClNOS. The molecule has 2 unspecified atom stereocenters. The van der Waals surface area contributed by atoms with E-state index in [4.69, 9.17) is 11.6 Å². The number of aliphatic hydroxyl groups is 1. The Labute approximate surface area is 92.9 Å². The normalized spacial score (nSPS) is 24.9. The van der Waals surface area contributed by atoms with Crippen LogP contribution in [0.3, 0.4) is 0 Å². The van der Waals surface area contributed by atoms with E-state index in [0.717, 1.165) is 17.8 Å². The average Bonchev–Trinajstić information content (AvgIpc) is 2.65. The predicted molar refractivity (Wildman–Crippen MR) is 59.9 cm³/mol. The summed E-state index contributed by atoms with van der Waals surface area (Å²) >= 11 is 7.51. The molecule has 1 aliphatic rings. The fourth-order valence-electron chi connectivity index (χ4n) is 1.85. The number of hydrogen-bond acceptors (Lipinski definition) is 3. The van der Waals surface area contributed by atoms with Crippen LogP contribution in [0.1, 0.15) is 30.2 Å². The van der Waals surface area contributed by atoms with Crippen molar-refractivity contribution in [3.05, 3.63) is 21.3 Å². The smallest absolute Gasteiger partial charge is 0.105 e. The molecule has 2 nitrogen and oxygen atoms in total. The quantitative estimate of drug-likeness (QED) is 0.820. The molecule has 1 fully saturated rings. The molecule has 4 heteroatoms. The number of thiophene rings is 1. The molecule has 0 spiro atoms. The van der Waals surface area contributed by atoms with Gasteiger partial charge in [0, 0.05) is 6.04 Å². The molecule has 1 saturated heterocycles. The summed E-state index contributed by atoms with van der Waals surface area (Å²) in [6.07, 6.45) is 3.00. The fraction of sp³-hybridized carbons (Fsp3) is 0.600. The lowest BCUT2D eigenvalue weighted by Crippen LogP contribution is -2.38. The van der Waals surface area contributed by atoms with Gasteiger partial charge in [-0.3, -0.25) is 0 Å². The van der Waals surface area contributed by atoms with Gasteiger partial charge >= 0.3 is 0 Å². The molecule has 0 radical (unpaired) electrons. The van der Waals surface area contributed by atoms with Gasteiger partial charge in [-0.2, -0.15) is 0 Å². The molecule has 1 aromatic rings. The van der Waals surface area contributed by atoms with Gasteiger partial charge < -0.3 is 10.4 Å². The maximum Gasteiger partial charge on any atom is 0.105 e. The maximum atomic E-state index is 10.1. The van der Waals surface area contributed by atoms with Gasteiger partial charge in [0.2, 0.25) is 0 Å². The number of hydrogen-bond donors (Lipinski definition) is 2. The van der Waals surface area contributed by atoms with Crippen molar-refractivity contribution < 1.29 is 5.11 Å². The van der Waals surface area contributed by atoms with Gasteiger partial charge in [-0.05, 0) is 30.8 Å². The molecule has 0 amide bonds. The topological polar surface area (TPSA) is 32.3 Å². The number of nitrogens with one attached hydrogen (secondary N) is 1. The van der Waals surface area contributed by atoms with E-state index in [2.05, 4.69) is 5.32 Å². The predicted octanol–water partition coefficient (Wildman–Crippen LogP) is 2.58. The summed E-state index contributed by atoms with van der Waals surface area (Å²) in [5.74, 6) is 0. The average molecular weight is 232 g/mol. The van der Waals surface area contributed by atoms with Crippen LogP contribution in [-0.4, -0.2) is 17.7 Å². The van der Waals surface area contributed by atoms with Crippen LogP contribution in [0.5, 0.6) is 0 Å². The van der Waals surface area contributed by atoms with Crippen LogP contribution in [0.4, 0.5) is 0 Å². The largest absolute Gasteiger partial charge is 0.386 e. The monoisotopic (exact) mass is 231 g/mol. The third-order valence-corrected chi connectivity index (χ3v) is 4.07. The van der Waals surface area contributed by atoms with Gasteiger partial charge in [-0.1, -0.05) is 18.0 Å². The minimum absolute atomic E-state index is 0.180. The van der Waals surface area contributed by atoms with Crippen molar-refractivity contribution in [1.82, 2.24) is 5.32 Å². The van der Waals surface area contributed by atoms with Crippen LogP contribution < -0.4 is 5.32 Å². The van der Waals surface area contributed by atoms with Gasteiger partial charge in [0.1, 0.15) is 6.10 Å². The number of halogens is 1. The van der Waals surface area contributed by atoms with Crippen molar-refractivity contribution in [1.29, 1.82) is 0 Å². The van der Waals surface area contributed by atoms with Crippen LogP contribution >= 0.6 is 22.9 Å². The molecule has 1 aliphatic heterocycles. The molecule has 0 aliphatic carbocycles. The Kier molecular flexibility index (Phi) is 3.44. The van der Waals surface area contributed by atoms with Gasteiger partial charge in [-0.25, -0.2) is 0 Å². The molecule has 0 bridgehead atoms. The van der Waals surface area contributed by atoms with Crippen molar-refractivity contribution >= 4 is 22.9 Å². The van der Waals surface area contributed by atoms with Crippen molar-refractivity contribution in [2.24, 2.45) is 0 Å². The zero-order valence-electron chi connectivity index (χ0n) is 7.87. The molecule has 0 saturated carbocycles. The van der Waals surface area contributed by atoms with Crippen molar-refractivity contribution in [3.63, 3.8) is 0 Å². The zero-order chi connectivity index (χ0) is 9.97. The van der Waals surface area contributed by atoms with Gasteiger partial charge in [0.05, 0.1) is 9.90 Å². The highest BCUT2D eigenvalue weighted by Gasteiger charge is 2.24. The van der Waals surface area contributed by atoms with Crippen LogP contribution in [-0.2, 0) is 0 Å². The molecule has 2 N–H and O–H groups in total. The SMILES string of the molecule is OC(c1sccc1Cl)C1CCCCN1. The van der Waals surface area contributed by atoms with E-state index in [1.165, 1.54) is 24.2 Å². The van der Waals surface area contributed by atoms with E-state index in [0.29, 0.717) is 5.02 Å². The first-order valence-corrected chi connectivity index (χ1v) is 6.19. The molecular weight excluding hydrogens is 218 g/mol. The second kappa shape index (κ2) is 4.62. The lowest BCUT2D eigenvalue weighted by Gasteiger charge is -2.27. The van der Waals surface area contributed by atoms with Crippen molar-refractivity contribution in [2.75, 3.05) is 6.54 Å². The first kappa shape index (κ1) is 10.4. The summed E-state index contributed by atoms with van der Waals surface area (Å²) < 4.78 is 0. The Morgan fingerprint density at radius 2 is 2.43 bits per heavy atom. The van der Waals surface area contributed by atoms with E-state index < -0.39 is 6.10 Å². The van der Waals surface area contributed by atoms with Crippen LogP contribution in [0.2, 0.25) is 5.02 Å². The van der Waals surface area contributed by atoms with Gasteiger partial charge in [-0.15, -0.1) is 11.3 Å². The standard InChI is InChI=1S/C10H14ClNOS/c11-7-4-6-14-10(7)9(13)8-3-1-2-5-12-8/h4,6,8-9,12-13H,1-3,5H2. The number of aliphatic hydroxyl groups excluding tert-OH is 1. The van der Waals surface area contributed by atoms with E-state index in [1.54, 1.807) is 0 Å². The highest BCUT2D eigenvalue weighted by Crippen LogP contribution is 2.32. The van der Waals surface area contributed by atoms with Crippen molar-refractivity contribution in [2.45, 2.75) is 31.4 Å². The minimum Gasteiger partial charge on any atom is -0.386 e. The first-order valence-electron chi connectivity index (χ1n) is 4.93. The highest BCUT2D eigenvalue weighted by atomic mass is 35.5. The third kappa shape index (κ3) is 2.11. The Morgan fingerprint density at radius 1 is 1.57 bits per heavy atom. The summed E-state index contributed by atoms with van der Waals surface area (Å²) in [6.45, 7) is 1.00. The van der Waals surface area contributed by atoms with Crippen LogP contribution in [0.25, 0.3) is 0 Å². The van der Waals surface area contributed by atoms with E-state index >= 15 is 0 Å². The molecule has 1 aromatic heterocycles. The third-order valence-electron chi connectivity index (χ3n) is 2.64. The second-order valence-corrected chi connectivity index (χ2v) is 4.99. The zero-order valence-corrected chi connectivity index (χ0v) is 9.44. The minimum atomic E-state index is -0.442. The van der Waals surface area contributed by atoms with Gasteiger partial charge in [0.25, 0.3) is 0 Å². The lowest BCUT2D eigenvalue weighted by molar-refractivity contribution is 0.117. The molecule has 0 aromatic carbocycles. The molecule has 2 rings (SSSR count). The number of piperidine rings is 1. The first-order chi connectivity index (χ1) is 6.79. The summed E-state index contributed by atoms with van der Waals surface area (Å²) in [7, 11) is 0. The molecule has 14 heavy (non-hydrogen) atoms. The Hall–Kier alpha value is -0.0900. The fourth-order valence-corrected chi connectivity index (χ4v) is 3.07. The van der Waals surface area contributed by atoms with E-state index in [-0.39, 0.29) is 6.04 Å². The summed E-state index contributed by atoms with van der Waals surface area (Å²) in [5, 5.41) is 16.0. The molecule has 2 heterocycles. The van der Waals surface area contributed by atoms with E-state index in [1.807, 2.05) is 11.4 Å². The Morgan fingerprint density at radius 3 is 3.00 bits per heavy atom. The lowest BCUT2D eigenvalue weighted by atomic mass is 9.99. The Balaban J connectivity index is 2.07. The van der Waals surface area contributed by atoms with E-state index in [9.17, 15) is 5.11 Å². The van der Waals surface area contributed by atoms with Crippen LogP contribution in [0, 0.1) is 0 Å². The summed E-state index contributed by atoms with van der Waals surface area (Å²) in [4.78, 5) is 0.895. The van der Waals surface area contributed by atoms with Crippen molar-refractivity contribution in [3.8, 4) is 0 Å². The molecule has 2 atom stereocenters. The van der Waals surface area contributed by atoms with Gasteiger partial charge in [0.15, 0.2) is 0 Å². The number of rotatable bonds is 2. The summed E-state index contributed by atoms with van der Waals surface area (Å²) in [6, 6.07) is 2.02. The highest BCUT2D eigenvalue weighted by molar-refractivity contribution is 7.10. The Bertz CT molecular complexity index is 296. The van der Waals surface area contributed by atoms with Crippen LogP contribution in [0.15, 0.2) is 11.4 Å².